The molecule has 1 atom stereocenters. The van der Waals surface area contributed by atoms with Crippen LogP contribution in [0.2, 0.25) is 5.02 Å². The third kappa shape index (κ3) is 4.26. The van der Waals surface area contributed by atoms with Crippen molar-refractivity contribution in [2.24, 2.45) is 0 Å². The average Bonchev–Trinajstić information content (AvgIpc) is 2.22. The van der Waals surface area contributed by atoms with Crippen LogP contribution in [0.15, 0.2) is 16.6 Å². The van der Waals surface area contributed by atoms with E-state index in [0.29, 0.717) is 0 Å². The number of carbonyl (C=O) groups excluding carboxylic acids is 1. The zero-order chi connectivity index (χ0) is 13.9. The number of ether oxygens (including phenoxy) is 1. The SMILES string of the molecule is CC(Cl)C(=O)Nc1cc(Cl)cc(Br)c1OC(F)F. The molecule has 0 saturated carbocycles. The molecule has 0 radical (unpaired) electrons. The Hall–Kier alpha value is -0.590. The quantitative estimate of drug-likeness (QED) is 0.812. The summed E-state index contributed by atoms with van der Waals surface area (Å²) >= 11 is 14.4. The maximum Gasteiger partial charge on any atom is 0.387 e. The molecule has 0 fully saturated rings. The van der Waals surface area contributed by atoms with E-state index >= 15 is 0 Å². The molecule has 8 heteroatoms. The predicted octanol–water partition coefficient (Wildman–Crippen LogP) is 4.27. The Bertz CT molecular complexity index is 458. The average molecular weight is 363 g/mol. The number of nitrogens with one attached hydrogen (secondary N) is 1. The lowest BCUT2D eigenvalue weighted by Crippen LogP contribution is -2.21. The molecule has 1 N–H and O–H groups in total. The molecule has 0 saturated heterocycles. The van der Waals surface area contributed by atoms with Gasteiger partial charge in [-0.3, -0.25) is 4.79 Å². The van der Waals surface area contributed by atoms with E-state index in [4.69, 9.17) is 23.2 Å². The van der Waals surface area contributed by atoms with Crippen molar-refractivity contribution in [3.63, 3.8) is 0 Å². The molecule has 0 aliphatic heterocycles. The fourth-order valence-electron chi connectivity index (χ4n) is 1.09. The van der Waals surface area contributed by atoms with Crippen LogP contribution < -0.4 is 10.1 Å². The van der Waals surface area contributed by atoms with Crippen molar-refractivity contribution in [1.29, 1.82) is 0 Å². The molecule has 1 aromatic carbocycles. The van der Waals surface area contributed by atoms with Gasteiger partial charge in [0.15, 0.2) is 5.75 Å². The number of amides is 1. The Morgan fingerprint density at radius 3 is 2.61 bits per heavy atom. The van der Waals surface area contributed by atoms with Gasteiger partial charge in [-0.2, -0.15) is 8.78 Å². The first-order valence-electron chi connectivity index (χ1n) is 4.70. The predicted molar refractivity (Wildman–Crippen MR) is 69.7 cm³/mol. The fraction of sp³-hybridized carbons (Fsp3) is 0.300. The number of hydrogen-bond acceptors (Lipinski definition) is 2. The van der Waals surface area contributed by atoms with Gasteiger partial charge in [-0.05, 0) is 35.0 Å². The Balaban J connectivity index is 3.11. The van der Waals surface area contributed by atoms with E-state index in [0.717, 1.165) is 0 Å². The Labute approximate surface area is 121 Å². The van der Waals surface area contributed by atoms with Crippen molar-refractivity contribution in [2.75, 3.05) is 5.32 Å². The molecular formula is C10H8BrCl2F2NO2. The number of anilines is 1. The van der Waals surface area contributed by atoms with Gasteiger partial charge in [0.05, 0.1) is 10.2 Å². The van der Waals surface area contributed by atoms with Crippen LogP contribution in [0, 0.1) is 0 Å². The maximum absolute atomic E-state index is 12.3. The summed E-state index contributed by atoms with van der Waals surface area (Å²) in [5, 5.41) is 1.79. The summed E-state index contributed by atoms with van der Waals surface area (Å²) in [5.74, 6) is -0.759. The molecule has 0 aliphatic rings. The zero-order valence-corrected chi connectivity index (χ0v) is 12.1. The van der Waals surface area contributed by atoms with Gasteiger partial charge in [-0.15, -0.1) is 11.6 Å². The number of halogens is 5. The van der Waals surface area contributed by atoms with Crippen molar-refractivity contribution in [2.45, 2.75) is 18.9 Å². The number of carbonyl (C=O) groups is 1. The largest absolute Gasteiger partial charge is 0.431 e. The second kappa shape index (κ2) is 6.54. The van der Waals surface area contributed by atoms with Gasteiger partial charge >= 0.3 is 6.61 Å². The highest BCUT2D eigenvalue weighted by Gasteiger charge is 2.18. The first-order valence-corrected chi connectivity index (χ1v) is 6.30. The van der Waals surface area contributed by atoms with E-state index in [1.54, 1.807) is 0 Å². The van der Waals surface area contributed by atoms with Crippen molar-refractivity contribution in [1.82, 2.24) is 0 Å². The van der Waals surface area contributed by atoms with Crippen LogP contribution in [-0.4, -0.2) is 17.9 Å². The van der Waals surface area contributed by atoms with Crippen LogP contribution in [-0.2, 0) is 4.79 Å². The topological polar surface area (TPSA) is 38.3 Å². The molecule has 1 amide bonds. The Morgan fingerprint density at radius 1 is 1.50 bits per heavy atom. The number of rotatable bonds is 4. The highest BCUT2D eigenvalue weighted by molar-refractivity contribution is 9.10. The first kappa shape index (κ1) is 15.5. The number of benzene rings is 1. The van der Waals surface area contributed by atoms with Crippen LogP contribution in [0.1, 0.15) is 6.92 Å². The Morgan fingerprint density at radius 2 is 2.11 bits per heavy atom. The van der Waals surface area contributed by atoms with Gasteiger partial charge in [0, 0.05) is 5.02 Å². The molecule has 0 bridgehead atoms. The summed E-state index contributed by atoms with van der Waals surface area (Å²) in [6.07, 6.45) is 0. The van der Waals surface area contributed by atoms with Gasteiger partial charge in [0.2, 0.25) is 5.91 Å². The van der Waals surface area contributed by atoms with Gasteiger partial charge < -0.3 is 10.1 Å². The summed E-state index contributed by atoms with van der Waals surface area (Å²) in [7, 11) is 0. The van der Waals surface area contributed by atoms with Crippen molar-refractivity contribution in [3.05, 3.63) is 21.6 Å². The molecule has 1 rings (SSSR count). The van der Waals surface area contributed by atoms with E-state index in [1.165, 1.54) is 19.1 Å². The molecule has 0 aliphatic carbocycles. The Kier molecular flexibility index (Phi) is 5.62. The molecule has 100 valence electrons. The smallest absolute Gasteiger partial charge is 0.387 e. The van der Waals surface area contributed by atoms with Gasteiger partial charge in [0.1, 0.15) is 5.38 Å². The van der Waals surface area contributed by atoms with Gasteiger partial charge in [-0.1, -0.05) is 11.6 Å². The van der Waals surface area contributed by atoms with Crippen LogP contribution in [0.5, 0.6) is 5.75 Å². The van der Waals surface area contributed by atoms with Crippen LogP contribution in [0.4, 0.5) is 14.5 Å². The van der Waals surface area contributed by atoms with Crippen molar-refractivity contribution < 1.29 is 18.3 Å². The lowest BCUT2D eigenvalue weighted by atomic mass is 10.2. The molecule has 1 aromatic rings. The monoisotopic (exact) mass is 361 g/mol. The summed E-state index contributed by atoms with van der Waals surface area (Å²) < 4.78 is 29.0. The third-order valence-corrected chi connectivity index (χ3v) is 2.84. The fourth-order valence-corrected chi connectivity index (χ4v) is 2.05. The lowest BCUT2D eigenvalue weighted by molar-refractivity contribution is -0.115. The third-order valence-electron chi connectivity index (χ3n) is 1.83. The van der Waals surface area contributed by atoms with Gasteiger partial charge in [-0.25, -0.2) is 0 Å². The summed E-state index contributed by atoms with van der Waals surface area (Å²) in [5.41, 5.74) is 0.0205. The second-order valence-corrected chi connectivity index (χ2v) is 5.19. The molecule has 1 unspecified atom stereocenters. The van der Waals surface area contributed by atoms with E-state index in [-0.39, 0.29) is 20.9 Å². The van der Waals surface area contributed by atoms with Crippen molar-refractivity contribution >= 4 is 50.7 Å². The number of alkyl halides is 3. The van der Waals surface area contributed by atoms with Crippen LogP contribution in [0.25, 0.3) is 0 Å². The minimum absolute atomic E-state index is 0.0205. The summed E-state index contributed by atoms with van der Waals surface area (Å²) in [6, 6.07) is 2.67. The molecule has 3 nitrogen and oxygen atoms in total. The van der Waals surface area contributed by atoms with Gasteiger partial charge in [0.25, 0.3) is 0 Å². The minimum Gasteiger partial charge on any atom is -0.431 e. The molecule has 0 aromatic heterocycles. The van der Waals surface area contributed by atoms with Crippen molar-refractivity contribution in [3.8, 4) is 5.75 Å². The normalized spacial score (nSPS) is 12.4. The second-order valence-electron chi connectivity index (χ2n) is 3.25. The lowest BCUT2D eigenvalue weighted by Gasteiger charge is -2.14. The van der Waals surface area contributed by atoms with Crippen LogP contribution in [0.3, 0.4) is 0 Å². The van der Waals surface area contributed by atoms with E-state index < -0.39 is 17.9 Å². The van der Waals surface area contributed by atoms with E-state index in [2.05, 4.69) is 26.0 Å². The highest BCUT2D eigenvalue weighted by atomic mass is 79.9. The maximum atomic E-state index is 12.3. The summed E-state index contributed by atoms with van der Waals surface area (Å²) in [6.45, 7) is -1.57. The summed E-state index contributed by atoms with van der Waals surface area (Å²) in [4.78, 5) is 11.4. The number of hydrogen-bond donors (Lipinski definition) is 1. The standard InChI is InChI=1S/C10H8BrCl2F2NO2/c1-4(12)9(17)16-7-3-5(13)2-6(11)8(7)18-10(14)15/h2-4,10H,1H3,(H,16,17). The highest BCUT2D eigenvalue weighted by Crippen LogP contribution is 2.37. The van der Waals surface area contributed by atoms with Crippen LogP contribution >= 0.6 is 39.1 Å². The molecule has 0 heterocycles. The molecule has 0 spiro atoms. The zero-order valence-electron chi connectivity index (χ0n) is 9.02. The van der Waals surface area contributed by atoms with E-state index in [9.17, 15) is 13.6 Å². The first-order chi connectivity index (χ1) is 8.31. The molecule has 18 heavy (non-hydrogen) atoms. The minimum atomic E-state index is -3.02. The van der Waals surface area contributed by atoms with E-state index in [1.807, 2.05) is 0 Å². The molecular weight excluding hydrogens is 355 g/mol.